The zero-order valence-corrected chi connectivity index (χ0v) is 19.2. The predicted molar refractivity (Wildman–Crippen MR) is 122 cm³/mol. The molecular weight excluding hydrogens is 452 g/mol. The van der Waals surface area contributed by atoms with Crippen molar-refractivity contribution in [3.63, 3.8) is 0 Å². The van der Waals surface area contributed by atoms with E-state index in [2.05, 4.69) is 10.3 Å². The van der Waals surface area contributed by atoms with Crippen molar-refractivity contribution in [2.75, 3.05) is 17.1 Å². The van der Waals surface area contributed by atoms with E-state index in [1.165, 1.54) is 6.07 Å². The van der Waals surface area contributed by atoms with Crippen molar-refractivity contribution >= 4 is 33.2 Å². The SMILES string of the molecule is Cc1nccn1Cc1cccc(CNC(=O)C2CN(S(C)(=O)=O)c3cc(Cl)ccc3O2)c1. The van der Waals surface area contributed by atoms with E-state index in [1.54, 1.807) is 18.3 Å². The molecular formula is C22H23ClN4O4S. The third-order valence-corrected chi connectivity index (χ3v) is 6.60. The van der Waals surface area contributed by atoms with Crippen LogP contribution >= 0.6 is 11.6 Å². The van der Waals surface area contributed by atoms with Gasteiger partial charge in [-0.3, -0.25) is 9.10 Å². The van der Waals surface area contributed by atoms with Crippen molar-refractivity contribution in [2.24, 2.45) is 0 Å². The highest BCUT2D eigenvalue weighted by atomic mass is 35.5. The fraction of sp³-hybridized carbons (Fsp3) is 0.273. The Kier molecular flexibility index (Phi) is 6.12. The van der Waals surface area contributed by atoms with Gasteiger partial charge in [0.2, 0.25) is 10.0 Å². The van der Waals surface area contributed by atoms with Gasteiger partial charge in [0.05, 0.1) is 18.5 Å². The van der Waals surface area contributed by atoms with Crippen LogP contribution in [0.2, 0.25) is 5.02 Å². The number of carbonyl (C=O) groups excluding carboxylic acids is 1. The highest BCUT2D eigenvalue weighted by Crippen LogP contribution is 2.37. The predicted octanol–water partition coefficient (Wildman–Crippen LogP) is 2.74. The second-order valence-electron chi connectivity index (χ2n) is 7.65. The largest absolute Gasteiger partial charge is 0.476 e. The molecule has 1 unspecified atom stereocenters. The Hall–Kier alpha value is -3.04. The second kappa shape index (κ2) is 8.84. The van der Waals surface area contributed by atoms with Gasteiger partial charge in [-0.1, -0.05) is 35.9 Å². The minimum Gasteiger partial charge on any atom is -0.476 e. The van der Waals surface area contributed by atoms with Gasteiger partial charge in [0.15, 0.2) is 6.10 Å². The van der Waals surface area contributed by atoms with E-state index >= 15 is 0 Å². The summed E-state index contributed by atoms with van der Waals surface area (Å²) in [7, 11) is -3.62. The number of nitrogens with one attached hydrogen (secondary N) is 1. The molecule has 0 fully saturated rings. The van der Waals surface area contributed by atoms with E-state index in [4.69, 9.17) is 16.3 Å². The zero-order chi connectivity index (χ0) is 22.9. The zero-order valence-electron chi connectivity index (χ0n) is 17.7. The highest BCUT2D eigenvalue weighted by molar-refractivity contribution is 7.92. The molecule has 1 aliphatic rings. The number of anilines is 1. The number of rotatable bonds is 6. The van der Waals surface area contributed by atoms with Gasteiger partial charge in [-0.2, -0.15) is 0 Å². The number of benzene rings is 2. The van der Waals surface area contributed by atoms with Crippen molar-refractivity contribution in [3.8, 4) is 5.75 Å². The number of imidazole rings is 1. The van der Waals surface area contributed by atoms with Crippen LogP contribution in [0.3, 0.4) is 0 Å². The van der Waals surface area contributed by atoms with E-state index in [0.29, 0.717) is 29.5 Å². The summed E-state index contributed by atoms with van der Waals surface area (Å²) in [4.78, 5) is 17.0. The average Bonchev–Trinajstić information content (AvgIpc) is 3.15. The second-order valence-corrected chi connectivity index (χ2v) is 10.00. The first kappa shape index (κ1) is 22.2. The Morgan fingerprint density at radius 1 is 1.25 bits per heavy atom. The van der Waals surface area contributed by atoms with Crippen molar-refractivity contribution in [3.05, 3.63) is 76.8 Å². The Morgan fingerprint density at radius 3 is 2.75 bits per heavy atom. The number of nitrogens with zero attached hydrogens (tertiary/aromatic N) is 3. The number of hydrogen-bond acceptors (Lipinski definition) is 5. The van der Waals surface area contributed by atoms with Gasteiger partial charge in [-0.05, 0) is 36.2 Å². The van der Waals surface area contributed by atoms with Gasteiger partial charge in [-0.25, -0.2) is 13.4 Å². The maximum atomic E-state index is 12.8. The molecule has 1 aromatic heterocycles. The van der Waals surface area contributed by atoms with E-state index < -0.39 is 22.0 Å². The van der Waals surface area contributed by atoms with Gasteiger partial charge in [0.25, 0.3) is 5.91 Å². The number of fused-ring (bicyclic) bond motifs is 1. The molecule has 1 atom stereocenters. The van der Waals surface area contributed by atoms with Crippen molar-refractivity contribution in [1.29, 1.82) is 0 Å². The summed E-state index contributed by atoms with van der Waals surface area (Å²) >= 11 is 6.01. The van der Waals surface area contributed by atoms with Crippen LogP contribution in [0.5, 0.6) is 5.75 Å². The molecule has 1 amide bonds. The molecule has 0 aliphatic carbocycles. The molecule has 0 spiro atoms. The molecule has 1 aliphatic heterocycles. The van der Waals surface area contributed by atoms with Crippen molar-refractivity contribution in [1.82, 2.24) is 14.9 Å². The summed E-state index contributed by atoms with van der Waals surface area (Å²) < 4.78 is 33.5. The first-order valence-corrected chi connectivity index (χ1v) is 12.2. The molecule has 168 valence electrons. The lowest BCUT2D eigenvalue weighted by Crippen LogP contribution is -2.50. The van der Waals surface area contributed by atoms with E-state index in [-0.39, 0.29) is 6.54 Å². The van der Waals surface area contributed by atoms with Crippen LogP contribution in [0.1, 0.15) is 17.0 Å². The van der Waals surface area contributed by atoms with Gasteiger partial charge >= 0.3 is 0 Å². The molecule has 3 aromatic rings. The van der Waals surface area contributed by atoms with Crippen LogP contribution in [0.15, 0.2) is 54.9 Å². The third kappa shape index (κ3) is 4.89. The standard InChI is InChI=1S/C22H23ClN4O4S/c1-15-24-8-9-26(15)13-17-5-3-4-16(10-17)12-25-22(28)21-14-27(32(2,29)30)19-11-18(23)6-7-20(19)31-21/h3-11,21H,12-14H2,1-2H3,(H,25,28). The van der Waals surface area contributed by atoms with E-state index in [0.717, 1.165) is 27.5 Å². The number of aromatic nitrogens is 2. The number of carbonyl (C=O) groups is 1. The fourth-order valence-electron chi connectivity index (χ4n) is 3.58. The smallest absolute Gasteiger partial charge is 0.263 e. The Balaban J connectivity index is 1.45. The first-order chi connectivity index (χ1) is 15.2. The maximum absolute atomic E-state index is 12.8. The maximum Gasteiger partial charge on any atom is 0.263 e. The number of aryl methyl sites for hydroxylation is 1. The first-order valence-electron chi connectivity index (χ1n) is 9.98. The number of halogens is 1. The lowest BCUT2D eigenvalue weighted by atomic mass is 10.1. The lowest BCUT2D eigenvalue weighted by molar-refractivity contribution is -0.127. The summed E-state index contributed by atoms with van der Waals surface area (Å²) in [5, 5.41) is 3.23. The molecule has 0 bridgehead atoms. The number of hydrogen-bond donors (Lipinski definition) is 1. The molecule has 2 aromatic carbocycles. The van der Waals surface area contributed by atoms with Crippen LogP contribution in [0.25, 0.3) is 0 Å². The van der Waals surface area contributed by atoms with E-state index in [9.17, 15) is 13.2 Å². The minimum absolute atomic E-state index is 0.127. The molecule has 0 saturated carbocycles. The summed E-state index contributed by atoms with van der Waals surface area (Å²) in [6.07, 6.45) is 3.79. The Labute approximate surface area is 191 Å². The molecule has 2 heterocycles. The summed E-state index contributed by atoms with van der Waals surface area (Å²) in [5.74, 6) is 0.828. The molecule has 0 saturated heterocycles. The quantitative estimate of drug-likeness (QED) is 0.593. The fourth-order valence-corrected chi connectivity index (χ4v) is 4.66. The summed E-state index contributed by atoms with van der Waals surface area (Å²) in [5.41, 5.74) is 2.34. The summed E-state index contributed by atoms with van der Waals surface area (Å²) in [6, 6.07) is 12.6. The van der Waals surface area contributed by atoms with Crippen LogP contribution in [0.4, 0.5) is 5.69 Å². The van der Waals surface area contributed by atoms with Crippen LogP contribution in [0, 0.1) is 6.92 Å². The van der Waals surface area contributed by atoms with E-state index in [1.807, 2.05) is 42.0 Å². The Morgan fingerprint density at radius 2 is 2.03 bits per heavy atom. The van der Waals surface area contributed by atoms with Crippen molar-refractivity contribution < 1.29 is 17.9 Å². The lowest BCUT2D eigenvalue weighted by Gasteiger charge is -2.34. The molecule has 32 heavy (non-hydrogen) atoms. The number of ether oxygens (including phenoxy) is 1. The molecule has 4 rings (SSSR count). The monoisotopic (exact) mass is 474 g/mol. The van der Waals surface area contributed by atoms with Crippen LogP contribution in [-0.2, 0) is 27.9 Å². The van der Waals surface area contributed by atoms with Gasteiger partial charge < -0.3 is 14.6 Å². The number of amides is 1. The number of sulfonamides is 1. The summed E-state index contributed by atoms with van der Waals surface area (Å²) in [6.45, 7) is 2.79. The third-order valence-electron chi connectivity index (χ3n) is 5.22. The molecule has 0 radical (unpaired) electrons. The van der Waals surface area contributed by atoms with Gasteiger partial charge in [0.1, 0.15) is 11.6 Å². The molecule has 1 N–H and O–H groups in total. The van der Waals surface area contributed by atoms with Gasteiger partial charge in [0, 0.05) is 30.5 Å². The molecule has 10 heteroatoms. The van der Waals surface area contributed by atoms with Gasteiger partial charge in [-0.15, -0.1) is 0 Å². The normalized spacial score (nSPS) is 15.7. The van der Waals surface area contributed by atoms with Crippen LogP contribution < -0.4 is 14.4 Å². The Bertz CT molecular complexity index is 1260. The minimum atomic E-state index is -3.62. The topological polar surface area (TPSA) is 93.5 Å². The van der Waals surface area contributed by atoms with Crippen molar-refractivity contribution in [2.45, 2.75) is 26.1 Å². The average molecular weight is 475 g/mol. The highest BCUT2D eigenvalue weighted by Gasteiger charge is 2.35. The molecule has 8 nitrogen and oxygen atoms in total. The van der Waals surface area contributed by atoms with Crippen LogP contribution in [-0.4, -0.2) is 42.8 Å².